The van der Waals surface area contributed by atoms with Crippen LogP contribution in [-0.4, -0.2) is 39.1 Å². The van der Waals surface area contributed by atoms with Gasteiger partial charge in [0.25, 0.3) is 5.91 Å². The van der Waals surface area contributed by atoms with Gasteiger partial charge in [-0.15, -0.1) is 0 Å². The first-order chi connectivity index (χ1) is 10.2. The average Bonchev–Trinajstić information content (AvgIpc) is 2.43. The Bertz CT molecular complexity index is 668. The Morgan fingerprint density at radius 3 is 2.45 bits per heavy atom. The highest BCUT2D eigenvalue weighted by Crippen LogP contribution is 2.15. The van der Waals surface area contributed by atoms with E-state index >= 15 is 0 Å². The highest BCUT2D eigenvalue weighted by atomic mass is 32.2. The van der Waals surface area contributed by atoms with Crippen LogP contribution in [0.1, 0.15) is 36.2 Å². The summed E-state index contributed by atoms with van der Waals surface area (Å²) in [4.78, 5) is 24.1. The molecular weight excluding hydrogens is 304 g/mol. The summed E-state index contributed by atoms with van der Waals surface area (Å²) in [5, 5.41) is 5.27. The molecule has 0 heterocycles. The lowest BCUT2D eigenvalue weighted by atomic mass is 10.1. The first kappa shape index (κ1) is 18.2. The van der Waals surface area contributed by atoms with E-state index in [2.05, 4.69) is 10.6 Å². The number of amides is 2. The quantitative estimate of drug-likeness (QED) is 0.817. The Morgan fingerprint density at radius 1 is 1.27 bits per heavy atom. The summed E-state index contributed by atoms with van der Waals surface area (Å²) in [7, 11) is -3.39. The predicted octanol–water partition coefficient (Wildman–Crippen LogP) is 1.04. The maximum Gasteiger partial charge on any atom is 0.252 e. The van der Waals surface area contributed by atoms with E-state index in [0.717, 1.165) is 12.7 Å². The Morgan fingerprint density at radius 2 is 1.91 bits per heavy atom. The molecule has 0 aliphatic rings. The molecule has 0 aliphatic carbocycles. The fourth-order valence-electron chi connectivity index (χ4n) is 1.82. The zero-order chi connectivity index (χ0) is 16.9. The molecule has 0 spiro atoms. The van der Waals surface area contributed by atoms with Crippen molar-refractivity contribution in [3.05, 3.63) is 29.3 Å². The van der Waals surface area contributed by atoms with Gasteiger partial charge in [0.1, 0.15) is 6.04 Å². The molecule has 122 valence electrons. The average molecular weight is 326 g/mol. The van der Waals surface area contributed by atoms with Crippen molar-refractivity contribution in [2.75, 3.05) is 12.8 Å². The topological polar surface area (TPSA) is 92.3 Å². The molecule has 22 heavy (non-hydrogen) atoms. The fourth-order valence-corrected chi connectivity index (χ4v) is 2.46. The molecule has 0 radical (unpaired) electrons. The molecule has 1 aromatic rings. The van der Waals surface area contributed by atoms with Crippen molar-refractivity contribution in [1.82, 2.24) is 10.6 Å². The van der Waals surface area contributed by atoms with Crippen molar-refractivity contribution in [3.63, 3.8) is 0 Å². The summed E-state index contributed by atoms with van der Waals surface area (Å²) in [6, 6.07) is 3.67. The van der Waals surface area contributed by atoms with Crippen LogP contribution in [-0.2, 0) is 14.6 Å². The molecule has 1 aromatic carbocycles. The van der Waals surface area contributed by atoms with E-state index in [4.69, 9.17) is 0 Å². The summed E-state index contributed by atoms with van der Waals surface area (Å²) in [5.74, 6) is -0.741. The van der Waals surface area contributed by atoms with Crippen LogP contribution in [0.2, 0.25) is 0 Å². The first-order valence-electron chi connectivity index (χ1n) is 7.06. The second kappa shape index (κ2) is 7.40. The molecule has 7 heteroatoms. The van der Waals surface area contributed by atoms with Crippen LogP contribution < -0.4 is 10.6 Å². The highest BCUT2D eigenvalue weighted by molar-refractivity contribution is 7.90. The molecule has 0 fully saturated rings. The molecule has 6 nitrogen and oxygen atoms in total. The first-order valence-corrected chi connectivity index (χ1v) is 8.95. The van der Waals surface area contributed by atoms with Gasteiger partial charge in [-0.25, -0.2) is 8.42 Å². The molecule has 0 saturated heterocycles. The number of nitrogens with one attached hydrogen (secondary N) is 2. The maximum atomic E-state index is 12.2. The van der Waals surface area contributed by atoms with Crippen molar-refractivity contribution < 1.29 is 18.0 Å². The third-order valence-corrected chi connectivity index (χ3v) is 4.28. The Balaban J connectivity index is 2.92. The van der Waals surface area contributed by atoms with Crippen LogP contribution in [0.4, 0.5) is 0 Å². The number of sulfone groups is 1. The minimum Gasteiger partial charge on any atom is -0.354 e. The zero-order valence-corrected chi connectivity index (χ0v) is 14.1. The van der Waals surface area contributed by atoms with Crippen molar-refractivity contribution >= 4 is 21.7 Å². The van der Waals surface area contributed by atoms with E-state index in [-0.39, 0.29) is 16.4 Å². The lowest BCUT2D eigenvalue weighted by molar-refractivity contribution is -0.122. The molecule has 0 bridgehead atoms. The lowest BCUT2D eigenvalue weighted by Crippen LogP contribution is -2.45. The van der Waals surface area contributed by atoms with Gasteiger partial charge in [0.2, 0.25) is 5.91 Å². The van der Waals surface area contributed by atoms with Gasteiger partial charge in [0.15, 0.2) is 9.84 Å². The number of carbonyl (C=O) groups is 2. The van der Waals surface area contributed by atoms with Gasteiger partial charge in [-0.1, -0.05) is 13.0 Å². The minimum absolute atomic E-state index is 0.0753. The van der Waals surface area contributed by atoms with Gasteiger partial charge in [-0.3, -0.25) is 9.59 Å². The summed E-state index contributed by atoms with van der Waals surface area (Å²) in [6.07, 6.45) is 1.89. The van der Waals surface area contributed by atoms with E-state index in [1.54, 1.807) is 19.9 Å². The van der Waals surface area contributed by atoms with Gasteiger partial charge < -0.3 is 10.6 Å². The molecule has 0 saturated carbocycles. The molecule has 1 atom stereocenters. The molecule has 0 unspecified atom stereocenters. The van der Waals surface area contributed by atoms with Crippen molar-refractivity contribution in [3.8, 4) is 0 Å². The van der Waals surface area contributed by atoms with E-state index in [1.807, 2.05) is 6.92 Å². The van der Waals surface area contributed by atoms with Gasteiger partial charge in [-0.2, -0.15) is 0 Å². The number of rotatable bonds is 6. The highest BCUT2D eigenvalue weighted by Gasteiger charge is 2.19. The van der Waals surface area contributed by atoms with E-state index in [0.29, 0.717) is 12.1 Å². The number of benzene rings is 1. The van der Waals surface area contributed by atoms with Crippen molar-refractivity contribution in [2.45, 2.75) is 38.1 Å². The van der Waals surface area contributed by atoms with Crippen LogP contribution in [0.15, 0.2) is 23.1 Å². The Kier molecular flexibility index (Phi) is 6.11. The molecule has 1 rings (SSSR count). The lowest BCUT2D eigenvalue weighted by Gasteiger charge is -2.15. The summed E-state index contributed by atoms with van der Waals surface area (Å²) < 4.78 is 23.1. The van der Waals surface area contributed by atoms with E-state index < -0.39 is 21.8 Å². The maximum absolute atomic E-state index is 12.2. The molecule has 0 aliphatic heterocycles. The third-order valence-electron chi connectivity index (χ3n) is 3.17. The van der Waals surface area contributed by atoms with E-state index in [1.165, 1.54) is 12.1 Å². The predicted molar refractivity (Wildman–Crippen MR) is 84.5 cm³/mol. The Labute approximate surface area is 131 Å². The largest absolute Gasteiger partial charge is 0.354 e. The molecule has 0 aromatic heterocycles. The smallest absolute Gasteiger partial charge is 0.252 e. The molecule has 2 amide bonds. The number of hydrogen-bond donors (Lipinski definition) is 2. The SMILES string of the molecule is CCCNC(=O)[C@@H](C)NC(=O)c1cc(S(C)(=O)=O)ccc1C. The number of carbonyl (C=O) groups excluding carboxylic acids is 2. The van der Waals surface area contributed by atoms with Crippen LogP contribution in [0.3, 0.4) is 0 Å². The standard InChI is InChI=1S/C15H22N2O4S/c1-5-8-16-14(18)11(3)17-15(19)13-9-12(22(4,20)21)7-6-10(13)2/h6-7,9,11H,5,8H2,1-4H3,(H,16,18)(H,17,19)/t11-/m1/s1. The second-order valence-corrected chi connectivity index (χ2v) is 7.25. The summed E-state index contributed by atoms with van der Waals surface area (Å²) in [5.41, 5.74) is 0.893. The van der Waals surface area contributed by atoms with Gasteiger partial charge in [-0.05, 0) is 38.0 Å². The van der Waals surface area contributed by atoms with Gasteiger partial charge in [0, 0.05) is 18.4 Å². The fraction of sp³-hybridized carbons (Fsp3) is 0.467. The normalized spacial score (nSPS) is 12.5. The monoisotopic (exact) mass is 326 g/mol. The van der Waals surface area contributed by atoms with E-state index in [9.17, 15) is 18.0 Å². The number of aryl methyl sites for hydroxylation is 1. The number of hydrogen-bond acceptors (Lipinski definition) is 4. The van der Waals surface area contributed by atoms with Crippen LogP contribution in [0, 0.1) is 6.92 Å². The minimum atomic E-state index is -3.39. The zero-order valence-electron chi connectivity index (χ0n) is 13.3. The molecule has 2 N–H and O–H groups in total. The van der Waals surface area contributed by atoms with Gasteiger partial charge in [0.05, 0.1) is 4.90 Å². The summed E-state index contributed by atoms with van der Waals surface area (Å²) in [6.45, 7) is 5.77. The van der Waals surface area contributed by atoms with Crippen LogP contribution in [0.25, 0.3) is 0 Å². The van der Waals surface area contributed by atoms with Gasteiger partial charge >= 0.3 is 0 Å². The van der Waals surface area contributed by atoms with Crippen LogP contribution in [0.5, 0.6) is 0 Å². The summed E-state index contributed by atoms with van der Waals surface area (Å²) >= 11 is 0. The van der Waals surface area contributed by atoms with Crippen molar-refractivity contribution in [1.29, 1.82) is 0 Å². The molecular formula is C15H22N2O4S. The van der Waals surface area contributed by atoms with Crippen molar-refractivity contribution in [2.24, 2.45) is 0 Å². The second-order valence-electron chi connectivity index (χ2n) is 5.24. The third kappa shape index (κ3) is 4.84. The van der Waals surface area contributed by atoms with Crippen LogP contribution >= 0.6 is 0 Å². The Hall–Kier alpha value is -1.89.